The van der Waals surface area contributed by atoms with Gasteiger partial charge in [0.15, 0.2) is 8.38 Å². The number of benzene rings is 1. The first-order valence-corrected chi connectivity index (χ1v) is 6.15. The van der Waals surface area contributed by atoms with Crippen molar-refractivity contribution in [2.75, 3.05) is 0 Å². The number of rotatable bonds is 3. The fraction of sp³-hybridized carbons (Fsp3) is 0.455. The van der Waals surface area contributed by atoms with Crippen molar-refractivity contribution in [3.8, 4) is 0 Å². The van der Waals surface area contributed by atoms with E-state index >= 15 is 0 Å². The molecule has 0 bridgehead atoms. The van der Waals surface area contributed by atoms with E-state index in [9.17, 15) is 9.79 Å². The third-order valence-electron chi connectivity index (χ3n) is 2.56. The van der Waals surface area contributed by atoms with E-state index in [0.717, 1.165) is 18.4 Å². The largest absolute Gasteiger partial charge is 0.347 e. The minimum atomic E-state index is -1.96. The Labute approximate surface area is 86.5 Å². The van der Waals surface area contributed by atoms with Crippen molar-refractivity contribution >= 4 is 13.7 Å². The highest BCUT2D eigenvalue weighted by Crippen LogP contribution is 2.27. The lowest BCUT2D eigenvalue weighted by molar-refractivity contribution is 0.496. The molecule has 0 aliphatic rings. The fourth-order valence-electron chi connectivity index (χ4n) is 1.87. The van der Waals surface area contributed by atoms with Crippen LogP contribution in [0.3, 0.4) is 0 Å². The maximum absolute atomic E-state index is 9.27. The molecule has 0 saturated carbocycles. The van der Waals surface area contributed by atoms with Crippen LogP contribution in [0, 0.1) is 6.92 Å². The zero-order valence-corrected chi connectivity index (χ0v) is 9.80. The third-order valence-corrected chi connectivity index (χ3v) is 3.41. The zero-order chi connectivity index (χ0) is 10.7. The molecule has 1 rings (SSSR count). The van der Waals surface area contributed by atoms with Gasteiger partial charge < -0.3 is 9.79 Å². The Bertz CT molecular complexity index is 321. The van der Waals surface area contributed by atoms with E-state index in [0.29, 0.717) is 5.30 Å². The monoisotopic (exact) mass is 212 g/mol. The molecular weight excluding hydrogens is 195 g/mol. The van der Waals surface area contributed by atoms with Crippen LogP contribution in [0.4, 0.5) is 0 Å². The lowest BCUT2D eigenvalue weighted by Gasteiger charge is -2.15. The number of aryl methyl sites for hydroxylation is 1. The molecule has 0 saturated heterocycles. The second kappa shape index (κ2) is 4.88. The quantitative estimate of drug-likeness (QED) is 0.753. The summed E-state index contributed by atoms with van der Waals surface area (Å²) in [6, 6.07) is 3.80. The van der Waals surface area contributed by atoms with Gasteiger partial charge in [-0.05, 0) is 42.5 Å². The fourth-order valence-corrected chi connectivity index (χ4v) is 2.61. The molecule has 0 fully saturated rings. The first-order valence-electron chi connectivity index (χ1n) is 4.91. The van der Waals surface area contributed by atoms with Gasteiger partial charge in [0.25, 0.3) is 0 Å². The van der Waals surface area contributed by atoms with Gasteiger partial charge in [-0.25, -0.2) is 0 Å². The summed E-state index contributed by atoms with van der Waals surface area (Å²) in [6.45, 7) is 6.22. The molecule has 0 aliphatic carbocycles. The summed E-state index contributed by atoms with van der Waals surface area (Å²) in [5.74, 6) is 0. The molecule has 0 spiro atoms. The van der Waals surface area contributed by atoms with E-state index in [1.165, 1.54) is 11.1 Å². The topological polar surface area (TPSA) is 40.5 Å². The van der Waals surface area contributed by atoms with Crippen LogP contribution >= 0.6 is 8.38 Å². The first-order chi connectivity index (χ1) is 6.61. The van der Waals surface area contributed by atoms with E-state index in [4.69, 9.17) is 0 Å². The second-order valence-electron chi connectivity index (χ2n) is 3.36. The molecule has 14 heavy (non-hydrogen) atoms. The van der Waals surface area contributed by atoms with Crippen molar-refractivity contribution in [1.82, 2.24) is 0 Å². The minimum Gasteiger partial charge on any atom is -0.347 e. The Hall–Kier alpha value is -0.430. The van der Waals surface area contributed by atoms with E-state index in [1.807, 2.05) is 12.1 Å². The van der Waals surface area contributed by atoms with Crippen molar-refractivity contribution < 1.29 is 9.79 Å². The van der Waals surface area contributed by atoms with E-state index in [1.54, 1.807) is 0 Å². The van der Waals surface area contributed by atoms with Gasteiger partial charge in [-0.15, -0.1) is 0 Å². The van der Waals surface area contributed by atoms with Crippen LogP contribution in [0.1, 0.15) is 30.5 Å². The van der Waals surface area contributed by atoms with Gasteiger partial charge in [0.1, 0.15) is 0 Å². The van der Waals surface area contributed by atoms with Crippen LogP contribution < -0.4 is 5.30 Å². The zero-order valence-electron chi connectivity index (χ0n) is 8.91. The highest BCUT2D eigenvalue weighted by atomic mass is 31.2. The summed E-state index contributed by atoms with van der Waals surface area (Å²) in [5, 5.41) is 0.713. The number of hydrogen-bond acceptors (Lipinski definition) is 2. The summed E-state index contributed by atoms with van der Waals surface area (Å²) in [6.07, 6.45) is 1.81. The SMILES string of the molecule is CCc1c(C)ccc(P(O)O)c1CC. The number of hydrogen-bond donors (Lipinski definition) is 2. The van der Waals surface area contributed by atoms with E-state index in [-0.39, 0.29) is 0 Å². The molecule has 0 radical (unpaired) electrons. The van der Waals surface area contributed by atoms with Gasteiger partial charge in [-0.2, -0.15) is 0 Å². The van der Waals surface area contributed by atoms with Crippen molar-refractivity contribution in [2.45, 2.75) is 33.6 Å². The van der Waals surface area contributed by atoms with Crippen molar-refractivity contribution in [3.63, 3.8) is 0 Å². The average Bonchev–Trinajstić information content (AvgIpc) is 2.16. The standard InChI is InChI=1S/C11H17O2P/c1-4-9-8(3)6-7-11(14(12)13)10(9)5-2/h6-7,12-13H,4-5H2,1-3H3. The molecule has 0 aromatic heterocycles. The predicted octanol–water partition coefficient (Wildman–Crippen LogP) is 2.04. The minimum absolute atomic E-state index is 0.713. The third kappa shape index (κ3) is 2.14. The molecule has 0 aliphatic heterocycles. The molecule has 0 unspecified atom stereocenters. The highest BCUT2D eigenvalue weighted by molar-refractivity contribution is 7.54. The lowest BCUT2D eigenvalue weighted by Crippen LogP contribution is -2.12. The average molecular weight is 212 g/mol. The maximum atomic E-state index is 9.27. The Morgan fingerprint density at radius 1 is 1.07 bits per heavy atom. The Morgan fingerprint density at radius 3 is 2.07 bits per heavy atom. The van der Waals surface area contributed by atoms with Gasteiger partial charge in [-0.3, -0.25) is 0 Å². The van der Waals surface area contributed by atoms with Gasteiger partial charge in [-0.1, -0.05) is 19.9 Å². The van der Waals surface area contributed by atoms with Crippen LogP contribution in [-0.4, -0.2) is 9.79 Å². The normalized spacial score (nSPS) is 11.0. The molecular formula is C11H17O2P. The van der Waals surface area contributed by atoms with Crippen molar-refractivity contribution in [2.24, 2.45) is 0 Å². The smallest absolute Gasteiger partial charge is 0.199 e. The van der Waals surface area contributed by atoms with Crippen LogP contribution in [0.5, 0.6) is 0 Å². The summed E-state index contributed by atoms with van der Waals surface area (Å²) >= 11 is 0. The van der Waals surface area contributed by atoms with Crippen LogP contribution in [0.15, 0.2) is 12.1 Å². The van der Waals surface area contributed by atoms with Crippen molar-refractivity contribution in [1.29, 1.82) is 0 Å². The molecule has 78 valence electrons. The van der Waals surface area contributed by atoms with E-state index < -0.39 is 8.38 Å². The van der Waals surface area contributed by atoms with Gasteiger partial charge >= 0.3 is 0 Å². The van der Waals surface area contributed by atoms with Gasteiger partial charge in [0, 0.05) is 5.30 Å². The van der Waals surface area contributed by atoms with E-state index in [2.05, 4.69) is 20.8 Å². The maximum Gasteiger partial charge on any atom is 0.199 e. The summed E-state index contributed by atoms with van der Waals surface area (Å²) < 4.78 is 0. The Kier molecular flexibility index (Phi) is 4.06. The molecule has 1 aromatic carbocycles. The Morgan fingerprint density at radius 2 is 1.64 bits per heavy atom. The molecule has 2 N–H and O–H groups in total. The van der Waals surface area contributed by atoms with Crippen LogP contribution in [0.25, 0.3) is 0 Å². The molecule has 2 nitrogen and oxygen atoms in total. The summed E-state index contributed by atoms with van der Waals surface area (Å²) in [4.78, 5) is 18.5. The van der Waals surface area contributed by atoms with Gasteiger partial charge in [0.05, 0.1) is 0 Å². The van der Waals surface area contributed by atoms with Crippen molar-refractivity contribution in [3.05, 3.63) is 28.8 Å². The van der Waals surface area contributed by atoms with Crippen LogP contribution in [0.2, 0.25) is 0 Å². The lowest BCUT2D eigenvalue weighted by atomic mass is 9.98. The molecule has 0 atom stereocenters. The van der Waals surface area contributed by atoms with Gasteiger partial charge in [0.2, 0.25) is 0 Å². The molecule has 0 amide bonds. The predicted molar refractivity (Wildman–Crippen MR) is 60.9 cm³/mol. The van der Waals surface area contributed by atoms with Crippen LogP contribution in [-0.2, 0) is 12.8 Å². The first kappa shape index (κ1) is 11.6. The second-order valence-corrected chi connectivity index (χ2v) is 4.42. The highest BCUT2D eigenvalue weighted by Gasteiger charge is 2.13. The summed E-state index contributed by atoms with van der Waals surface area (Å²) in [7, 11) is -1.96. The molecule has 0 heterocycles. The molecule has 3 heteroatoms. The Balaban J connectivity index is 3.33. The summed E-state index contributed by atoms with van der Waals surface area (Å²) in [5.41, 5.74) is 3.62. The molecule has 1 aromatic rings.